The van der Waals surface area contributed by atoms with Gasteiger partial charge in [-0.25, -0.2) is 4.39 Å². The summed E-state index contributed by atoms with van der Waals surface area (Å²) in [4.78, 5) is 19.6. The number of dihydropyridines is 1. The number of pyridine rings is 1. The van der Waals surface area contributed by atoms with Crippen LogP contribution in [0.2, 0.25) is 0 Å². The first-order valence-electron chi connectivity index (χ1n) is 13.4. The predicted molar refractivity (Wildman–Crippen MR) is 162 cm³/mol. The van der Waals surface area contributed by atoms with Gasteiger partial charge in [0, 0.05) is 23.7 Å². The van der Waals surface area contributed by atoms with E-state index < -0.39 is 0 Å². The molecule has 0 bridgehead atoms. The quantitative estimate of drug-likeness (QED) is 0.317. The Bertz CT molecular complexity index is 1240. The lowest BCUT2D eigenvalue weighted by atomic mass is 10.0. The van der Waals surface area contributed by atoms with E-state index in [4.69, 9.17) is 0 Å². The number of aryl methyl sites for hydroxylation is 1. The van der Waals surface area contributed by atoms with Crippen LogP contribution in [-0.2, 0) is 11.3 Å². The van der Waals surface area contributed by atoms with Crippen molar-refractivity contribution in [3.63, 3.8) is 0 Å². The number of hydrogen-bond acceptors (Lipinski definition) is 4. The van der Waals surface area contributed by atoms with E-state index in [-0.39, 0.29) is 17.8 Å². The van der Waals surface area contributed by atoms with Crippen LogP contribution < -0.4 is 10.6 Å². The van der Waals surface area contributed by atoms with Crippen LogP contribution in [0, 0.1) is 12.7 Å². The van der Waals surface area contributed by atoms with Gasteiger partial charge in [-0.3, -0.25) is 9.78 Å². The van der Waals surface area contributed by atoms with Crippen molar-refractivity contribution < 1.29 is 9.18 Å². The third-order valence-corrected chi connectivity index (χ3v) is 7.77. The molecule has 204 valence electrons. The minimum absolute atomic E-state index is 0.128. The Hall–Kier alpha value is -3.12. The Labute approximate surface area is 232 Å². The highest BCUT2D eigenvalue weighted by Crippen LogP contribution is 2.39. The minimum Gasteiger partial charge on any atom is -0.385 e. The number of carbonyl (C=O) groups is 1. The lowest BCUT2D eigenvalue weighted by Gasteiger charge is -2.17. The average Bonchev–Trinajstić information content (AvgIpc) is 2.92. The first-order valence-corrected chi connectivity index (χ1v) is 14.3. The Kier molecular flexibility index (Phi) is 12.5. The molecule has 0 radical (unpaired) electrons. The first-order chi connectivity index (χ1) is 18.2. The molecule has 0 fully saturated rings. The van der Waals surface area contributed by atoms with Gasteiger partial charge in [-0.1, -0.05) is 74.9 Å². The minimum atomic E-state index is -0.284. The third-order valence-electron chi connectivity index (χ3n) is 6.25. The summed E-state index contributed by atoms with van der Waals surface area (Å²) in [6, 6.07) is 8.91. The molecule has 4 nitrogen and oxygen atoms in total. The van der Waals surface area contributed by atoms with Gasteiger partial charge < -0.3 is 10.6 Å². The highest BCUT2D eigenvalue weighted by molar-refractivity contribution is 8.12. The number of aromatic nitrogens is 1. The number of benzene rings is 1. The van der Waals surface area contributed by atoms with E-state index in [1.807, 2.05) is 66.1 Å². The normalized spacial score (nSPS) is 15.8. The maximum Gasteiger partial charge on any atom is 0.258 e. The van der Waals surface area contributed by atoms with E-state index in [0.29, 0.717) is 11.4 Å². The molecule has 1 aromatic carbocycles. The van der Waals surface area contributed by atoms with Gasteiger partial charge in [0.15, 0.2) is 0 Å². The number of thioether (sulfide) groups is 1. The molecule has 1 aromatic heterocycles. The van der Waals surface area contributed by atoms with Crippen LogP contribution in [0.3, 0.4) is 0 Å². The second-order valence-corrected chi connectivity index (χ2v) is 10.2. The fraction of sp³-hybridized carbons (Fsp3) is 0.375. The zero-order valence-electron chi connectivity index (χ0n) is 24.0. The predicted octanol–water partition coefficient (Wildman–Crippen LogP) is 8.32. The highest BCUT2D eigenvalue weighted by atomic mass is 32.2. The van der Waals surface area contributed by atoms with E-state index in [2.05, 4.69) is 41.6 Å². The molecule has 1 amide bonds. The number of nitrogens with one attached hydrogen (secondary N) is 2. The molecule has 0 saturated carbocycles. The summed E-state index contributed by atoms with van der Waals surface area (Å²) in [7, 11) is 0. The van der Waals surface area contributed by atoms with Crippen molar-refractivity contribution >= 4 is 28.1 Å². The molecular weight excluding hydrogens is 493 g/mol. The van der Waals surface area contributed by atoms with E-state index in [9.17, 15) is 9.18 Å². The van der Waals surface area contributed by atoms with Gasteiger partial charge in [0.25, 0.3) is 5.91 Å². The highest BCUT2D eigenvalue weighted by Gasteiger charge is 2.19. The molecule has 3 rings (SSSR count). The number of halogens is 1. The van der Waals surface area contributed by atoms with Crippen LogP contribution in [0.25, 0.3) is 10.5 Å². The van der Waals surface area contributed by atoms with Crippen molar-refractivity contribution in [1.82, 2.24) is 15.6 Å². The molecule has 2 heterocycles. The van der Waals surface area contributed by atoms with Gasteiger partial charge in [-0.2, -0.15) is 0 Å². The SMILES string of the molecule is CC.CCC(C)=C(SC(=C(C)CC)c1cccc(F)c1)C(=O)NCc1cnc(C2=CC(C)NC=C2)c(C)c1. The maximum absolute atomic E-state index is 14.0. The number of allylic oxidation sites excluding steroid dienone is 4. The Morgan fingerprint density at radius 1 is 1.13 bits per heavy atom. The number of rotatable bonds is 9. The van der Waals surface area contributed by atoms with Crippen molar-refractivity contribution in [2.45, 2.75) is 80.8 Å². The second-order valence-electron chi connectivity index (χ2n) is 9.14. The summed E-state index contributed by atoms with van der Waals surface area (Å²) >= 11 is 1.43. The molecule has 1 aliphatic heterocycles. The molecule has 0 saturated heterocycles. The van der Waals surface area contributed by atoms with Crippen LogP contribution in [0.1, 0.15) is 83.7 Å². The zero-order chi connectivity index (χ0) is 28.2. The van der Waals surface area contributed by atoms with E-state index in [1.54, 1.807) is 6.07 Å². The van der Waals surface area contributed by atoms with Gasteiger partial charge in [0.1, 0.15) is 5.82 Å². The lowest BCUT2D eigenvalue weighted by molar-refractivity contribution is -0.117. The van der Waals surface area contributed by atoms with E-state index in [1.165, 1.54) is 23.9 Å². The zero-order valence-corrected chi connectivity index (χ0v) is 24.9. The van der Waals surface area contributed by atoms with Crippen LogP contribution in [-0.4, -0.2) is 16.9 Å². The van der Waals surface area contributed by atoms with Gasteiger partial charge in [-0.05, 0) is 87.2 Å². The number of hydrogen-bond donors (Lipinski definition) is 2. The average molecular weight is 536 g/mol. The van der Waals surface area contributed by atoms with Crippen LogP contribution >= 0.6 is 11.8 Å². The van der Waals surface area contributed by atoms with Crippen molar-refractivity contribution in [3.05, 3.63) is 99.1 Å². The summed E-state index contributed by atoms with van der Waals surface area (Å²) in [6.45, 7) is 16.6. The standard InChI is InChI=1S/C30H36FN3OS.C2H6/c1-7-19(3)28(25-10-9-11-26(31)16-25)36-29(20(4)8-2)30(35)34-18-23-14-21(5)27(33-17-23)24-12-13-32-22(6)15-24;1-2/h9-17,22,32H,7-8,18H2,1-6H3,(H,34,35);1-2H3. The van der Waals surface area contributed by atoms with Crippen LogP contribution in [0.5, 0.6) is 0 Å². The summed E-state index contributed by atoms with van der Waals surface area (Å²) < 4.78 is 14.0. The molecule has 2 N–H and O–H groups in total. The fourth-order valence-corrected chi connectivity index (χ4v) is 5.14. The molecule has 1 aliphatic rings. The summed E-state index contributed by atoms with van der Waals surface area (Å²) in [6.07, 6.45) is 9.52. The Balaban J connectivity index is 0.00000247. The monoisotopic (exact) mass is 535 g/mol. The van der Waals surface area contributed by atoms with Crippen LogP contribution in [0.4, 0.5) is 4.39 Å². The maximum atomic E-state index is 14.0. The molecule has 6 heteroatoms. The fourth-order valence-electron chi connectivity index (χ4n) is 3.89. The molecule has 0 aliphatic carbocycles. The van der Waals surface area contributed by atoms with E-state index in [0.717, 1.165) is 56.9 Å². The van der Waals surface area contributed by atoms with E-state index >= 15 is 0 Å². The second kappa shape index (κ2) is 15.3. The largest absolute Gasteiger partial charge is 0.385 e. The molecular formula is C32H42FN3OS. The number of amides is 1. The Morgan fingerprint density at radius 2 is 1.84 bits per heavy atom. The van der Waals surface area contributed by atoms with Crippen molar-refractivity contribution in [2.75, 3.05) is 0 Å². The molecule has 1 unspecified atom stereocenters. The first kappa shape index (κ1) is 31.1. The molecule has 2 aromatic rings. The van der Waals surface area contributed by atoms with Crippen molar-refractivity contribution in [2.24, 2.45) is 0 Å². The van der Waals surface area contributed by atoms with Gasteiger partial charge >= 0.3 is 0 Å². The smallest absolute Gasteiger partial charge is 0.258 e. The topological polar surface area (TPSA) is 54.0 Å². The van der Waals surface area contributed by atoms with Gasteiger partial charge in [0.2, 0.25) is 0 Å². The van der Waals surface area contributed by atoms with Crippen molar-refractivity contribution in [1.29, 1.82) is 0 Å². The number of carbonyl (C=O) groups excluding carboxylic acids is 1. The summed E-state index contributed by atoms with van der Waals surface area (Å²) in [5.41, 5.74) is 6.96. The van der Waals surface area contributed by atoms with Crippen LogP contribution in [0.15, 0.2) is 70.9 Å². The molecule has 1 atom stereocenters. The van der Waals surface area contributed by atoms with Gasteiger partial charge in [-0.15, -0.1) is 0 Å². The molecule has 0 spiro atoms. The lowest BCUT2D eigenvalue weighted by Crippen LogP contribution is -2.24. The third kappa shape index (κ3) is 8.45. The summed E-state index contributed by atoms with van der Waals surface area (Å²) in [5, 5.41) is 6.33. The van der Waals surface area contributed by atoms with Crippen molar-refractivity contribution in [3.8, 4) is 0 Å². The van der Waals surface area contributed by atoms with Gasteiger partial charge in [0.05, 0.1) is 10.6 Å². The number of nitrogens with zero attached hydrogens (tertiary/aromatic N) is 1. The summed E-state index contributed by atoms with van der Waals surface area (Å²) in [5.74, 6) is -0.412. The Morgan fingerprint density at radius 3 is 2.45 bits per heavy atom. The molecule has 38 heavy (non-hydrogen) atoms.